The largest absolute Gasteiger partial charge is 0.395 e. The molecule has 1 aromatic carbocycles. The SMILES string of the molecule is O=C(CN(CCO)C1CCCC1)c1cccc([N+](=O)[O-])c1. The maximum absolute atomic E-state index is 12.3. The second-order valence-corrected chi connectivity index (χ2v) is 5.36. The highest BCUT2D eigenvalue weighted by Crippen LogP contribution is 2.23. The van der Waals surface area contributed by atoms with Crippen LogP contribution in [-0.4, -0.2) is 46.5 Å². The summed E-state index contributed by atoms with van der Waals surface area (Å²) in [6.45, 7) is 0.677. The van der Waals surface area contributed by atoms with Gasteiger partial charge in [0.1, 0.15) is 0 Å². The molecule has 0 spiro atoms. The molecule has 1 fully saturated rings. The molecule has 0 bridgehead atoms. The number of non-ortho nitro benzene ring substituents is 1. The van der Waals surface area contributed by atoms with Crippen molar-refractivity contribution in [2.45, 2.75) is 31.7 Å². The van der Waals surface area contributed by atoms with Crippen LogP contribution < -0.4 is 0 Å². The number of nitrogens with zero attached hydrogens (tertiary/aromatic N) is 2. The Morgan fingerprint density at radius 2 is 2.10 bits per heavy atom. The van der Waals surface area contributed by atoms with Crippen molar-refractivity contribution in [2.75, 3.05) is 19.7 Å². The van der Waals surface area contributed by atoms with Gasteiger partial charge >= 0.3 is 0 Å². The number of nitro benzene ring substituents is 1. The smallest absolute Gasteiger partial charge is 0.270 e. The Bertz CT molecular complexity index is 512. The number of nitro groups is 1. The monoisotopic (exact) mass is 292 g/mol. The minimum absolute atomic E-state index is 0.0126. The zero-order chi connectivity index (χ0) is 15.2. The van der Waals surface area contributed by atoms with E-state index in [1.165, 1.54) is 18.2 Å². The lowest BCUT2D eigenvalue weighted by molar-refractivity contribution is -0.384. The fourth-order valence-electron chi connectivity index (χ4n) is 2.86. The van der Waals surface area contributed by atoms with Crippen molar-refractivity contribution in [1.82, 2.24) is 4.90 Å². The van der Waals surface area contributed by atoms with Crippen molar-refractivity contribution in [3.05, 3.63) is 39.9 Å². The Hall–Kier alpha value is -1.79. The number of carbonyl (C=O) groups excluding carboxylic acids is 1. The molecule has 0 heterocycles. The highest BCUT2D eigenvalue weighted by atomic mass is 16.6. The predicted molar refractivity (Wildman–Crippen MR) is 78.3 cm³/mol. The minimum atomic E-state index is -0.501. The maximum atomic E-state index is 12.3. The van der Waals surface area contributed by atoms with Crippen LogP contribution in [0.4, 0.5) is 5.69 Å². The van der Waals surface area contributed by atoms with Crippen molar-refractivity contribution >= 4 is 11.5 Å². The van der Waals surface area contributed by atoms with Gasteiger partial charge in [-0.1, -0.05) is 25.0 Å². The lowest BCUT2D eigenvalue weighted by atomic mass is 10.1. The van der Waals surface area contributed by atoms with Gasteiger partial charge in [0.05, 0.1) is 18.1 Å². The van der Waals surface area contributed by atoms with Crippen molar-refractivity contribution in [3.63, 3.8) is 0 Å². The predicted octanol–water partition coefficient (Wildman–Crippen LogP) is 2.01. The summed E-state index contributed by atoms with van der Waals surface area (Å²) < 4.78 is 0. The third kappa shape index (κ3) is 4.09. The summed E-state index contributed by atoms with van der Waals surface area (Å²) in [5.41, 5.74) is 0.278. The number of ketones is 1. The molecular formula is C15H20N2O4. The molecule has 2 rings (SSSR count). The highest BCUT2D eigenvalue weighted by molar-refractivity contribution is 5.98. The molecule has 6 nitrogen and oxygen atoms in total. The van der Waals surface area contributed by atoms with Crippen LogP contribution in [-0.2, 0) is 0 Å². The zero-order valence-electron chi connectivity index (χ0n) is 11.9. The number of aliphatic hydroxyl groups is 1. The zero-order valence-corrected chi connectivity index (χ0v) is 11.9. The number of Topliss-reactive ketones (excluding diaryl/α,β-unsaturated/α-hetero) is 1. The second-order valence-electron chi connectivity index (χ2n) is 5.36. The molecule has 0 saturated heterocycles. The first-order chi connectivity index (χ1) is 10.1. The first-order valence-electron chi connectivity index (χ1n) is 7.24. The maximum Gasteiger partial charge on any atom is 0.270 e. The summed E-state index contributed by atoms with van der Waals surface area (Å²) in [5, 5.41) is 19.9. The third-order valence-corrected chi connectivity index (χ3v) is 3.95. The molecule has 0 atom stereocenters. The number of carbonyl (C=O) groups is 1. The fourth-order valence-corrected chi connectivity index (χ4v) is 2.86. The summed E-state index contributed by atoms with van der Waals surface area (Å²) >= 11 is 0. The molecule has 0 aliphatic heterocycles. The van der Waals surface area contributed by atoms with Crippen LogP contribution in [0.25, 0.3) is 0 Å². The Kier molecular flexibility index (Phi) is 5.41. The highest BCUT2D eigenvalue weighted by Gasteiger charge is 2.24. The summed E-state index contributed by atoms with van der Waals surface area (Å²) in [6.07, 6.45) is 4.39. The van der Waals surface area contributed by atoms with E-state index < -0.39 is 4.92 Å². The lowest BCUT2D eigenvalue weighted by Crippen LogP contribution is -2.39. The van der Waals surface area contributed by atoms with E-state index in [0.717, 1.165) is 25.7 Å². The van der Waals surface area contributed by atoms with Gasteiger partial charge in [0, 0.05) is 30.3 Å². The molecule has 21 heavy (non-hydrogen) atoms. The van der Waals surface area contributed by atoms with Gasteiger partial charge in [-0.25, -0.2) is 0 Å². The van der Waals surface area contributed by atoms with E-state index in [9.17, 15) is 14.9 Å². The van der Waals surface area contributed by atoms with Crippen molar-refractivity contribution < 1.29 is 14.8 Å². The van der Waals surface area contributed by atoms with Crippen LogP contribution in [0.1, 0.15) is 36.0 Å². The summed E-state index contributed by atoms with van der Waals surface area (Å²) in [6, 6.07) is 6.14. The molecule has 1 saturated carbocycles. The van der Waals surface area contributed by atoms with Gasteiger partial charge in [-0.3, -0.25) is 19.8 Å². The fraction of sp³-hybridized carbons (Fsp3) is 0.533. The standard InChI is InChI=1S/C15H20N2O4/c18-9-8-16(13-5-1-2-6-13)11-15(19)12-4-3-7-14(10-12)17(20)21/h3-4,7,10,13,18H,1-2,5-6,8-9,11H2. The molecule has 1 aliphatic carbocycles. The molecule has 0 radical (unpaired) electrons. The van der Waals surface area contributed by atoms with Crippen LogP contribution in [0.3, 0.4) is 0 Å². The molecule has 0 amide bonds. The first kappa shape index (κ1) is 15.6. The molecule has 1 N–H and O–H groups in total. The van der Waals surface area contributed by atoms with Crippen LogP contribution in [0.15, 0.2) is 24.3 Å². The van der Waals surface area contributed by atoms with Gasteiger partial charge in [0.2, 0.25) is 0 Å². The molecule has 1 aromatic rings. The Morgan fingerprint density at radius 1 is 1.38 bits per heavy atom. The number of rotatable bonds is 7. The Labute approximate surface area is 123 Å². The number of hydrogen-bond acceptors (Lipinski definition) is 5. The van der Waals surface area contributed by atoms with Crippen molar-refractivity contribution in [3.8, 4) is 0 Å². The number of benzene rings is 1. The van der Waals surface area contributed by atoms with Crippen molar-refractivity contribution in [1.29, 1.82) is 0 Å². The normalized spacial score (nSPS) is 15.5. The van der Waals surface area contributed by atoms with Crippen LogP contribution in [0.5, 0.6) is 0 Å². The van der Waals surface area contributed by atoms with E-state index in [1.807, 2.05) is 4.90 Å². The van der Waals surface area contributed by atoms with Gasteiger partial charge in [-0.15, -0.1) is 0 Å². The van der Waals surface area contributed by atoms with E-state index in [-0.39, 0.29) is 24.6 Å². The van der Waals surface area contributed by atoms with Crippen LogP contribution in [0.2, 0.25) is 0 Å². The van der Waals surface area contributed by atoms with Gasteiger partial charge < -0.3 is 5.11 Å². The van der Waals surface area contributed by atoms with E-state index in [1.54, 1.807) is 6.07 Å². The van der Waals surface area contributed by atoms with E-state index in [0.29, 0.717) is 18.2 Å². The number of aliphatic hydroxyl groups excluding tert-OH is 1. The summed E-state index contributed by atoms with van der Waals surface area (Å²) in [4.78, 5) is 24.6. The first-order valence-corrected chi connectivity index (χ1v) is 7.24. The van der Waals surface area contributed by atoms with E-state index in [4.69, 9.17) is 5.11 Å². The summed E-state index contributed by atoms with van der Waals surface area (Å²) in [5.74, 6) is -0.140. The number of hydrogen-bond donors (Lipinski definition) is 1. The summed E-state index contributed by atoms with van der Waals surface area (Å²) in [7, 11) is 0. The van der Waals surface area contributed by atoms with Crippen LogP contribution in [0, 0.1) is 10.1 Å². The minimum Gasteiger partial charge on any atom is -0.395 e. The lowest BCUT2D eigenvalue weighted by Gasteiger charge is -2.27. The van der Waals surface area contributed by atoms with E-state index >= 15 is 0 Å². The Morgan fingerprint density at radius 3 is 2.71 bits per heavy atom. The third-order valence-electron chi connectivity index (χ3n) is 3.95. The molecule has 1 aliphatic rings. The molecule has 0 aromatic heterocycles. The average Bonchev–Trinajstić information content (AvgIpc) is 3.01. The average molecular weight is 292 g/mol. The topological polar surface area (TPSA) is 83.7 Å². The van der Waals surface area contributed by atoms with Gasteiger partial charge in [-0.05, 0) is 12.8 Å². The van der Waals surface area contributed by atoms with Gasteiger partial charge in [0.25, 0.3) is 5.69 Å². The molecule has 0 unspecified atom stereocenters. The molecular weight excluding hydrogens is 272 g/mol. The van der Waals surface area contributed by atoms with Crippen molar-refractivity contribution in [2.24, 2.45) is 0 Å². The molecule has 6 heteroatoms. The quantitative estimate of drug-likeness (QED) is 0.472. The second kappa shape index (κ2) is 7.28. The van der Waals surface area contributed by atoms with Gasteiger partial charge in [-0.2, -0.15) is 0 Å². The van der Waals surface area contributed by atoms with E-state index in [2.05, 4.69) is 0 Å². The Balaban J connectivity index is 2.07. The van der Waals surface area contributed by atoms with Crippen LogP contribution >= 0.6 is 0 Å². The molecule has 114 valence electrons. The van der Waals surface area contributed by atoms with Gasteiger partial charge in [0.15, 0.2) is 5.78 Å².